The van der Waals surface area contributed by atoms with E-state index in [-0.39, 0.29) is 11.9 Å². The number of ether oxygens (including phenoxy) is 1. The van der Waals surface area contributed by atoms with E-state index in [0.29, 0.717) is 18.7 Å². The molecule has 1 aromatic rings. The number of hydrogen-bond acceptors (Lipinski definition) is 3. The minimum atomic E-state index is -1.04. The second-order valence-electron chi connectivity index (χ2n) is 5.20. The number of aliphatic carboxylic acids is 1. The van der Waals surface area contributed by atoms with Crippen LogP contribution in [0.1, 0.15) is 24.5 Å². The molecule has 1 aliphatic rings. The highest BCUT2D eigenvalue weighted by molar-refractivity contribution is 5.85. The van der Waals surface area contributed by atoms with Crippen molar-refractivity contribution in [3.8, 4) is 0 Å². The van der Waals surface area contributed by atoms with E-state index in [4.69, 9.17) is 9.84 Å². The molecule has 4 nitrogen and oxygen atoms in total. The Labute approximate surface area is 123 Å². The van der Waals surface area contributed by atoms with Gasteiger partial charge in [-0.15, -0.1) is 0 Å². The largest absolute Gasteiger partial charge is 0.478 e. The van der Waals surface area contributed by atoms with Crippen LogP contribution in [0.25, 0.3) is 6.08 Å². The van der Waals surface area contributed by atoms with Crippen molar-refractivity contribution >= 4 is 12.0 Å². The van der Waals surface area contributed by atoms with Gasteiger partial charge in [0.1, 0.15) is 5.82 Å². The van der Waals surface area contributed by atoms with Gasteiger partial charge >= 0.3 is 5.97 Å². The van der Waals surface area contributed by atoms with Gasteiger partial charge in [-0.25, -0.2) is 9.18 Å². The predicted molar refractivity (Wildman–Crippen MR) is 78.4 cm³/mol. The van der Waals surface area contributed by atoms with Crippen LogP contribution in [0, 0.1) is 5.82 Å². The minimum absolute atomic E-state index is 0.235. The third kappa shape index (κ3) is 4.95. The van der Waals surface area contributed by atoms with E-state index in [1.54, 1.807) is 0 Å². The first-order valence-electron chi connectivity index (χ1n) is 7.11. The van der Waals surface area contributed by atoms with Crippen molar-refractivity contribution in [3.05, 3.63) is 41.2 Å². The first-order valence-corrected chi connectivity index (χ1v) is 7.11. The van der Waals surface area contributed by atoms with Crippen LogP contribution in [-0.2, 0) is 16.1 Å². The highest BCUT2D eigenvalue weighted by Crippen LogP contribution is 2.16. The number of carboxylic acids is 1. The van der Waals surface area contributed by atoms with Crippen LogP contribution in [0.4, 0.5) is 4.39 Å². The van der Waals surface area contributed by atoms with Crippen molar-refractivity contribution in [2.75, 3.05) is 19.7 Å². The van der Waals surface area contributed by atoms with E-state index in [1.807, 2.05) is 6.07 Å². The van der Waals surface area contributed by atoms with Gasteiger partial charge in [-0.2, -0.15) is 0 Å². The van der Waals surface area contributed by atoms with Crippen LogP contribution in [0.2, 0.25) is 0 Å². The Kier molecular flexibility index (Phi) is 5.47. The summed E-state index contributed by atoms with van der Waals surface area (Å²) in [6, 6.07) is 4.64. The zero-order valence-corrected chi connectivity index (χ0v) is 12.1. The van der Waals surface area contributed by atoms with Crippen LogP contribution < -0.4 is 0 Å². The zero-order chi connectivity index (χ0) is 15.2. The molecule has 1 N–H and O–H groups in total. The maximum absolute atomic E-state index is 13.6. The number of benzene rings is 1. The van der Waals surface area contributed by atoms with Gasteiger partial charge < -0.3 is 9.84 Å². The highest BCUT2D eigenvalue weighted by Gasteiger charge is 2.19. The van der Waals surface area contributed by atoms with Gasteiger partial charge in [0, 0.05) is 25.7 Å². The maximum Gasteiger partial charge on any atom is 0.328 e. The zero-order valence-electron chi connectivity index (χ0n) is 12.1. The summed E-state index contributed by atoms with van der Waals surface area (Å²) in [6.07, 6.45) is 3.62. The van der Waals surface area contributed by atoms with Gasteiger partial charge in [-0.3, -0.25) is 4.90 Å². The third-order valence-corrected chi connectivity index (χ3v) is 3.48. The summed E-state index contributed by atoms with van der Waals surface area (Å²) in [4.78, 5) is 12.8. The molecular formula is C16H20FNO3. The van der Waals surface area contributed by atoms with Crippen LogP contribution in [-0.4, -0.2) is 41.8 Å². The molecule has 0 amide bonds. The van der Waals surface area contributed by atoms with E-state index in [2.05, 4.69) is 11.8 Å². The number of halogens is 1. The number of hydrogen-bond donors (Lipinski definition) is 1. The summed E-state index contributed by atoms with van der Waals surface area (Å²) >= 11 is 0. The molecule has 0 aromatic heterocycles. The molecule has 5 heteroatoms. The molecule has 1 fully saturated rings. The Morgan fingerprint density at radius 1 is 1.52 bits per heavy atom. The Hall–Kier alpha value is -1.72. The van der Waals surface area contributed by atoms with Crippen molar-refractivity contribution in [1.29, 1.82) is 0 Å². The van der Waals surface area contributed by atoms with Crippen LogP contribution in [0.15, 0.2) is 24.3 Å². The van der Waals surface area contributed by atoms with Gasteiger partial charge in [0.2, 0.25) is 0 Å². The van der Waals surface area contributed by atoms with Crippen molar-refractivity contribution < 1.29 is 19.0 Å². The molecule has 21 heavy (non-hydrogen) atoms. The van der Waals surface area contributed by atoms with Crippen molar-refractivity contribution in [1.82, 2.24) is 4.90 Å². The summed E-state index contributed by atoms with van der Waals surface area (Å²) in [5.74, 6) is -1.39. The molecule has 1 unspecified atom stereocenters. The molecule has 1 heterocycles. The normalized spacial score (nSPS) is 20.0. The lowest BCUT2D eigenvalue weighted by Gasteiger charge is -2.32. The second-order valence-corrected chi connectivity index (χ2v) is 5.20. The number of carbonyl (C=O) groups is 1. The molecule has 0 radical (unpaired) electrons. The number of morpholine rings is 1. The SMILES string of the molecule is CCC1CN(Cc2cc(F)cc(C=CC(=O)O)c2)CCO1. The predicted octanol–water partition coefficient (Wildman–Crippen LogP) is 2.53. The summed E-state index contributed by atoms with van der Waals surface area (Å²) < 4.78 is 19.2. The average Bonchev–Trinajstić information content (AvgIpc) is 2.45. The molecule has 0 saturated carbocycles. The first-order chi connectivity index (χ1) is 10.1. The van der Waals surface area contributed by atoms with E-state index in [1.165, 1.54) is 18.2 Å². The molecule has 1 aliphatic heterocycles. The fourth-order valence-electron chi connectivity index (χ4n) is 2.46. The fourth-order valence-corrected chi connectivity index (χ4v) is 2.46. The third-order valence-electron chi connectivity index (χ3n) is 3.48. The molecule has 0 spiro atoms. The molecule has 1 saturated heterocycles. The van der Waals surface area contributed by atoms with E-state index >= 15 is 0 Å². The second kappa shape index (κ2) is 7.33. The van der Waals surface area contributed by atoms with Gasteiger partial charge in [-0.1, -0.05) is 13.0 Å². The van der Waals surface area contributed by atoms with E-state index in [0.717, 1.165) is 31.1 Å². The van der Waals surface area contributed by atoms with Crippen LogP contribution >= 0.6 is 0 Å². The van der Waals surface area contributed by atoms with E-state index < -0.39 is 5.97 Å². The van der Waals surface area contributed by atoms with Crippen LogP contribution in [0.3, 0.4) is 0 Å². The van der Waals surface area contributed by atoms with Crippen LogP contribution in [0.5, 0.6) is 0 Å². The summed E-state index contributed by atoms with van der Waals surface area (Å²) in [6.45, 7) is 5.09. The van der Waals surface area contributed by atoms with Gasteiger partial charge in [0.05, 0.1) is 12.7 Å². The molecule has 2 rings (SSSR count). The molecule has 114 valence electrons. The Balaban J connectivity index is 2.07. The number of rotatable bonds is 5. The summed E-state index contributed by atoms with van der Waals surface area (Å²) in [5, 5.41) is 8.63. The monoisotopic (exact) mass is 293 g/mol. The lowest BCUT2D eigenvalue weighted by atomic mass is 10.1. The standard InChI is InChI=1S/C16H20FNO3/c1-2-15-11-18(5-6-21-15)10-13-7-12(3-4-16(19)20)8-14(17)9-13/h3-4,7-9,15H,2,5-6,10-11H2,1H3,(H,19,20). The molecule has 0 bridgehead atoms. The quantitative estimate of drug-likeness (QED) is 0.848. The summed E-state index contributed by atoms with van der Waals surface area (Å²) in [5.41, 5.74) is 1.41. The number of carboxylic acid groups (broad SMARTS) is 1. The van der Waals surface area contributed by atoms with Gasteiger partial charge in [-0.05, 0) is 35.8 Å². The fraction of sp³-hybridized carbons (Fsp3) is 0.438. The smallest absolute Gasteiger partial charge is 0.328 e. The lowest BCUT2D eigenvalue weighted by molar-refractivity contribution is -0.131. The highest BCUT2D eigenvalue weighted by atomic mass is 19.1. The van der Waals surface area contributed by atoms with Crippen molar-refractivity contribution in [2.24, 2.45) is 0 Å². The Bertz CT molecular complexity index is 530. The van der Waals surface area contributed by atoms with Crippen molar-refractivity contribution in [2.45, 2.75) is 26.0 Å². The Morgan fingerprint density at radius 2 is 2.33 bits per heavy atom. The molecular weight excluding hydrogens is 273 g/mol. The van der Waals surface area contributed by atoms with E-state index in [9.17, 15) is 9.18 Å². The minimum Gasteiger partial charge on any atom is -0.478 e. The molecule has 0 aliphatic carbocycles. The first kappa shape index (κ1) is 15.7. The lowest BCUT2D eigenvalue weighted by Crippen LogP contribution is -2.41. The topological polar surface area (TPSA) is 49.8 Å². The maximum atomic E-state index is 13.6. The molecule has 1 aromatic carbocycles. The Morgan fingerprint density at radius 3 is 3.05 bits per heavy atom. The van der Waals surface area contributed by atoms with Gasteiger partial charge in [0.15, 0.2) is 0 Å². The summed E-state index contributed by atoms with van der Waals surface area (Å²) in [7, 11) is 0. The molecule has 1 atom stereocenters. The number of nitrogens with zero attached hydrogens (tertiary/aromatic N) is 1. The van der Waals surface area contributed by atoms with Crippen molar-refractivity contribution in [3.63, 3.8) is 0 Å². The average molecular weight is 293 g/mol. The van der Waals surface area contributed by atoms with Gasteiger partial charge in [0.25, 0.3) is 0 Å².